The van der Waals surface area contributed by atoms with Crippen LogP contribution in [0.5, 0.6) is 0 Å². The SMILES string of the molecule is O=S(=O)(c1ccccc1)N1CC=c2c1ncc1c2=NC(c2cccs2)=N1. The third-order valence-corrected chi connectivity index (χ3v) is 6.90. The Labute approximate surface area is 153 Å². The summed E-state index contributed by atoms with van der Waals surface area (Å²) in [5.41, 5.74) is 0.669. The van der Waals surface area contributed by atoms with E-state index in [0.29, 0.717) is 22.7 Å². The largest absolute Gasteiger partial charge is 0.265 e. The summed E-state index contributed by atoms with van der Waals surface area (Å²) >= 11 is 1.56. The summed E-state index contributed by atoms with van der Waals surface area (Å²) in [5, 5.41) is 3.38. The van der Waals surface area contributed by atoms with E-state index in [0.717, 1.165) is 10.1 Å². The van der Waals surface area contributed by atoms with Gasteiger partial charge in [-0.3, -0.25) is 0 Å². The Bertz CT molecular complexity index is 1260. The van der Waals surface area contributed by atoms with Gasteiger partial charge in [-0.2, -0.15) is 0 Å². The second-order valence-corrected chi connectivity index (χ2v) is 8.62. The van der Waals surface area contributed by atoms with E-state index in [-0.39, 0.29) is 11.4 Å². The molecule has 0 fully saturated rings. The highest BCUT2D eigenvalue weighted by atomic mass is 32.2. The zero-order chi connectivity index (χ0) is 17.7. The summed E-state index contributed by atoms with van der Waals surface area (Å²) in [5.74, 6) is 1.04. The van der Waals surface area contributed by atoms with Gasteiger partial charge in [-0.25, -0.2) is 27.7 Å². The van der Waals surface area contributed by atoms with E-state index in [1.54, 1.807) is 47.9 Å². The first kappa shape index (κ1) is 15.4. The third-order valence-electron chi connectivity index (χ3n) is 4.26. The molecular formula is C18H12N4O2S2. The Hall–Kier alpha value is -2.84. The molecule has 8 heteroatoms. The Balaban J connectivity index is 1.62. The lowest BCUT2D eigenvalue weighted by Crippen LogP contribution is -2.33. The number of pyridine rings is 1. The average molecular weight is 380 g/mol. The van der Waals surface area contributed by atoms with Crippen molar-refractivity contribution in [2.45, 2.75) is 4.90 Å². The highest BCUT2D eigenvalue weighted by molar-refractivity contribution is 7.92. The molecule has 2 aromatic heterocycles. The number of hydrogen-bond acceptors (Lipinski definition) is 6. The minimum atomic E-state index is -3.66. The number of sulfonamides is 1. The highest BCUT2D eigenvalue weighted by Crippen LogP contribution is 2.24. The molecule has 0 saturated heterocycles. The van der Waals surface area contributed by atoms with Crippen molar-refractivity contribution in [1.82, 2.24) is 4.98 Å². The van der Waals surface area contributed by atoms with Gasteiger partial charge in [0.05, 0.1) is 22.5 Å². The average Bonchev–Trinajstić information content (AvgIpc) is 3.39. The number of thiophene rings is 1. The molecule has 3 aromatic rings. The fourth-order valence-electron chi connectivity index (χ4n) is 3.04. The monoisotopic (exact) mass is 380 g/mol. The molecule has 0 bridgehead atoms. The molecular weight excluding hydrogens is 368 g/mol. The molecule has 0 atom stereocenters. The van der Waals surface area contributed by atoms with Crippen molar-refractivity contribution in [3.05, 3.63) is 69.5 Å². The lowest BCUT2D eigenvalue weighted by atomic mass is 10.3. The maximum atomic E-state index is 13.0. The van der Waals surface area contributed by atoms with Crippen LogP contribution in [0.15, 0.2) is 68.9 Å². The van der Waals surface area contributed by atoms with Crippen molar-refractivity contribution >= 4 is 44.8 Å². The molecule has 4 heterocycles. The number of benzene rings is 1. The number of hydrogen-bond donors (Lipinski definition) is 0. The summed E-state index contributed by atoms with van der Waals surface area (Å²) in [6, 6.07) is 12.3. The van der Waals surface area contributed by atoms with Crippen molar-refractivity contribution in [1.29, 1.82) is 0 Å². The number of aromatic nitrogens is 1. The van der Waals surface area contributed by atoms with Gasteiger partial charge in [0.15, 0.2) is 11.7 Å². The van der Waals surface area contributed by atoms with E-state index in [4.69, 9.17) is 0 Å². The maximum absolute atomic E-state index is 13.0. The first-order valence-corrected chi connectivity index (χ1v) is 10.2. The van der Waals surface area contributed by atoms with Crippen LogP contribution in [0.2, 0.25) is 0 Å². The third kappa shape index (κ3) is 2.23. The summed E-state index contributed by atoms with van der Waals surface area (Å²) in [6.45, 7) is 0.236. The summed E-state index contributed by atoms with van der Waals surface area (Å²) in [4.78, 5) is 14.7. The first-order chi connectivity index (χ1) is 12.6. The van der Waals surface area contributed by atoms with Gasteiger partial charge in [-0.1, -0.05) is 30.3 Å². The minimum Gasteiger partial charge on any atom is -0.245 e. The van der Waals surface area contributed by atoms with Gasteiger partial charge in [0, 0.05) is 5.22 Å². The minimum absolute atomic E-state index is 0.236. The Morgan fingerprint density at radius 1 is 1.04 bits per heavy atom. The number of fused-ring (bicyclic) bond motifs is 3. The Morgan fingerprint density at radius 2 is 1.88 bits per heavy atom. The van der Waals surface area contributed by atoms with Gasteiger partial charge in [0.1, 0.15) is 11.0 Å². The zero-order valence-electron chi connectivity index (χ0n) is 13.4. The zero-order valence-corrected chi connectivity index (χ0v) is 15.0. The molecule has 0 spiro atoms. The van der Waals surface area contributed by atoms with Crippen molar-refractivity contribution < 1.29 is 8.42 Å². The van der Waals surface area contributed by atoms with Gasteiger partial charge in [-0.15, -0.1) is 11.3 Å². The van der Waals surface area contributed by atoms with Gasteiger partial charge in [0.2, 0.25) is 0 Å². The van der Waals surface area contributed by atoms with Crippen LogP contribution in [0.1, 0.15) is 4.88 Å². The van der Waals surface area contributed by atoms with Gasteiger partial charge >= 0.3 is 0 Å². The van der Waals surface area contributed by atoms with E-state index >= 15 is 0 Å². The molecule has 2 aliphatic rings. The molecule has 5 rings (SSSR count). The quantitative estimate of drug-likeness (QED) is 0.696. The van der Waals surface area contributed by atoms with Gasteiger partial charge in [0.25, 0.3) is 10.0 Å². The van der Waals surface area contributed by atoms with Gasteiger partial charge < -0.3 is 0 Å². The summed E-state index contributed by atoms with van der Waals surface area (Å²) < 4.78 is 27.2. The van der Waals surface area contributed by atoms with Crippen LogP contribution in [0.3, 0.4) is 0 Å². The number of amidine groups is 1. The molecule has 2 aliphatic heterocycles. The van der Waals surface area contributed by atoms with Crippen LogP contribution >= 0.6 is 11.3 Å². The van der Waals surface area contributed by atoms with E-state index in [1.165, 1.54) is 4.31 Å². The number of nitrogens with zero attached hydrogens (tertiary/aromatic N) is 4. The number of rotatable bonds is 3. The Kier molecular flexibility index (Phi) is 3.31. The Morgan fingerprint density at radius 3 is 2.65 bits per heavy atom. The summed E-state index contributed by atoms with van der Waals surface area (Å²) in [6.07, 6.45) is 3.43. The molecule has 0 unspecified atom stereocenters. The molecule has 0 aliphatic carbocycles. The molecule has 6 nitrogen and oxygen atoms in total. The van der Waals surface area contributed by atoms with E-state index in [2.05, 4.69) is 15.0 Å². The fraction of sp³-hybridized carbons (Fsp3) is 0.0556. The molecule has 0 saturated carbocycles. The molecule has 1 aromatic carbocycles. The van der Waals surface area contributed by atoms with Crippen LogP contribution in [0.25, 0.3) is 6.08 Å². The standard InChI is InChI=1S/C18H12N4O2S2/c23-26(24,12-5-2-1-3-6-12)22-9-8-13-16-14(11-19-18(13)22)20-17(21-16)15-7-4-10-25-15/h1-8,10-11H,9H2. The van der Waals surface area contributed by atoms with Gasteiger partial charge in [-0.05, 0) is 23.6 Å². The normalized spacial score (nSPS) is 15.1. The van der Waals surface area contributed by atoms with Crippen LogP contribution in [0, 0.1) is 0 Å². The van der Waals surface area contributed by atoms with Crippen molar-refractivity contribution in [2.24, 2.45) is 9.98 Å². The fourth-order valence-corrected chi connectivity index (χ4v) is 5.09. The first-order valence-electron chi connectivity index (χ1n) is 7.93. The topological polar surface area (TPSA) is 75.0 Å². The second kappa shape index (κ2) is 5.58. The predicted molar refractivity (Wildman–Crippen MR) is 101 cm³/mol. The predicted octanol–water partition coefficient (Wildman–Crippen LogP) is 1.84. The van der Waals surface area contributed by atoms with Crippen LogP contribution in [0.4, 0.5) is 11.5 Å². The van der Waals surface area contributed by atoms with Crippen LogP contribution in [-0.4, -0.2) is 25.8 Å². The maximum Gasteiger partial charge on any atom is 0.265 e. The molecule has 128 valence electrons. The number of anilines is 1. The van der Waals surface area contributed by atoms with E-state index < -0.39 is 10.0 Å². The molecule has 0 radical (unpaired) electrons. The lowest BCUT2D eigenvalue weighted by molar-refractivity contribution is 0.593. The van der Waals surface area contributed by atoms with Crippen LogP contribution < -0.4 is 14.9 Å². The van der Waals surface area contributed by atoms with Crippen molar-refractivity contribution in [3.63, 3.8) is 0 Å². The smallest absolute Gasteiger partial charge is 0.245 e. The summed E-state index contributed by atoms with van der Waals surface area (Å²) in [7, 11) is -3.66. The van der Waals surface area contributed by atoms with Crippen LogP contribution in [-0.2, 0) is 10.0 Å². The number of aliphatic imine (C=N–C) groups is 1. The molecule has 26 heavy (non-hydrogen) atoms. The van der Waals surface area contributed by atoms with Crippen molar-refractivity contribution in [2.75, 3.05) is 10.8 Å². The molecule has 0 amide bonds. The van der Waals surface area contributed by atoms with E-state index in [9.17, 15) is 8.42 Å². The van der Waals surface area contributed by atoms with Crippen molar-refractivity contribution in [3.8, 4) is 0 Å². The molecule has 0 N–H and O–H groups in total. The second-order valence-electron chi connectivity index (χ2n) is 5.81. The highest BCUT2D eigenvalue weighted by Gasteiger charge is 2.30. The van der Waals surface area contributed by atoms with E-state index in [1.807, 2.05) is 23.6 Å². The lowest BCUT2D eigenvalue weighted by Gasteiger charge is -2.18.